The third kappa shape index (κ3) is 1.97. The van der Waals surface area contributed by atoms with Crippen molar-refractivity contribution in [2.75, 3.05) is 6.54 Å². The number of hydrogen-bond acceptors (Lipinski definition) is 5. The van der Waals surface area contributed by atoms with Gasteiger partial charge in [-0.05, 0) is 45.6 Å². The Morgan fingerprint density at radius 2 is 2.05 bits per heavy atom. The van der Waals surface area contributed by atoms with E-state index in [1.54, 1.807) is 11.3 Å². The van der Waals surface area contributed by atoms with Gasteiger partial charge in [-0.1, -0.05) is 24.2 Å². The summed E-state index contributed by atoms with van der Waals surface area (Å²) in [4.78, 5) is 0.954. The maximum Gasteiger partial charge on any atom is 0.234 e. The average molecular weight is 291 g/mol. The van der Waals surface area contributed by atoms with Crippen molar-refractivity contribution >= 4 is 16.3 Å². The molecule has 4 rings (SSSR count). The minimum atomic E-state index is 0.0244. The first-order chi connectivity index (χ1) is 9.76. The van der Waals surface area contributed by atoms with Crippen LogP contribution in [-0.4, -0.2) is 26.4 Å². The fraction of sp³-hybridized carbons (Fsp3) is 0.786. The molecule has 108 valence electrons. The molecule has 6 heteroatoms. The molecule has 0 bridgehead atoms. The van der Waals surface area contributed by atoms with Gasteiger partial charge in [-0.25, -0.2) is 0 Å². The first kappa shape index (κ1) is 12.7. The summed E-state index contributed by atoms with van der Waals surface area (Å²) in [7, 11) is 0. The smallest absolute Gasteiger partial charge is 0.234 e. The van der Waals surface area contributed by atoms with Crippen LogP contribution in [0.5, 0.6) is 0 Å². The molecule has 0 amide bonds. The number of nitrogens with one attached hydrogen (secondary N) is 1. The van der Waals surface area contributed by atoms with Gasteiger partial charge in [-0.15, -0.1) is 10.2 Å². The molecule has 5 nitrogen and oxygen atoms in total. The van der Waals surface area contributed by atoms with Crippen LogP contribution >= 0.6 is 11.3 Å². The molecular formula is C14H21N5S. The number of aromatic nitrogens is 4. The topological polar surface area (TPSA) is 55.1 Å². The SMILES string of the molecule is CC1(c2nn3c(C4CCCC4)nnc3s2)CCCCN1. The van der Waals surface area contributed by atoms with E-state index in [4.69, 9.17) is 5.10 Å². The Balaban J connectivity index is 1.71. The molecule has 2 fully saturated rings. The zero-order chi connectivity index (χ0) is 13.6. The van der Waals surface area contributed by atoms with Crippen molar-refractivity contribution in [1.82, 2.24) is 25.1 Å². The molecule has 3 heterocycles. The van der Waals surface area contributed by atoms with Gasteiger partial charge in [-0.3, -0.25) is 0 Å². The van der Waals surface area contributed by atoms with Crippen molar-refractivity contribution in [3.05, 3.63) is 10.8 Å². The third-order valence-corrected chi connectivity index (χ3v) is 5.99. The summed E-state index contributed by atoms with van der Waals surface area (Å²) in [5.74, 6) is 1.64. The Morgan fingerprint density at radius 3 is 2.80 bits per heavy atom. The van der Waals surface area contributed by atoms with E-state index in [0.29, 0.717) is 5.92 Å². The Bertz CT molecular complexity index is 604. The predicted molar refractivity (Wildman–Crippen MR) is 79.1 cm³/mol. The minimum Gasteiger partial charge on any atom is -0.306 e. The monoisotopic (exact) mass is 291 g/mol. The molecule has 1 N–H and O–H groups in total. The lowest BCUT2D eigenvalue weighted by molar-refractivity contribution is 0.280. The van der Waals surface area contributed by atoms with Crippen molar-refractivity contribution in [2.24, 2.45) is 0 Å². The van der Waals surface area contributed by atoms with E-state index >= 15 is 0 Å². The van der Waals surface area contributed by atoms with Gasteiger partial charge in [0.1, 0.15) is 5.01 Å². The van der Waals surface area contributed by atoms with Gasteiger partial charge in [0.05, 0.1) is 5.54 Å². The maximum atomic E-state index is 4.86. The van der Waals surface area contributed by atoms with Gasteiger partial charge in [0, 0.05) is 5.92 Å². The first-order valence-electron chi connectivity index (χ1n) is 7.74. The predicted octanol–water partition coefficient (Wildman–Crippen LogP) is 2.83. The zero-order valence-corrected chi connectivity index (χ0v) is 12.7. The highest BCUT2D eigenvalue weighted by Crippen LogP contribution is 2.36. The summed E-state index contributed by atoms with van der Waals surface area (Å²) in [5.41, 5.74) is 0.0244. The van der Waals surface area contributed by atoms with Crippen LogP contribution < -0.4 is 5.32 Å². The van der Waals surface area contributed by atoms with Gasteiger partial charge in [0.25, 0.3) is 0 Å². The molecule has 20 heavy (non-hydrogen) atoms. The molecule has 2 aromatic rings. The van der Waals surface area contributed by atoms with Crippen molar-refractivity contribution < 1.29 is 0 Å². The second-order valence-corrected chi connectivity index (χ2v) is 7.31. The molecule has 0 spiro atoms. The lowest BCUT2D eigenvalue weighted by Gasteiger charge is -2.32. The van der Waals surface area contributed by atoms with Gasteiger partial charge in [0.15, 0.2) is 5.82 Å². The standard InChI is InChI=1S/C14H21N5S/c1-14(8-4-5-9-15-14)12-18-19-11(10-6-2-3-7-10)16-17-13(19)20-12/h10,15H,2-9H2,1H3. The zero-order valence-electron chi connectivity index (χ0n) is 11.9. The Morgan fingerprint density at radius 1 is 1.20 bits per heavy atom. The normalized spacial score (nSPS) is 28.4. The molecule has 1 atom stereocenters. The lowest BCUT2D eigenvalue weighted by Crippen LogP contribution is -2.43. The lowest BCUT2D eigenvalue weighted by atomic mass is 9.92. The van der Waals surface area contributed by atoms with Crippen LogP contribution in [-0.2, 0) is 5.54 Å². The maximum absolute atomic E-state index is 4.86. The average Bonchev–Trinajstić information content (AvgIpc) is 3.15. The van der Waals surface area contributed by atoms with E-state index in [9.17, 15) is 0 Å². The van der Waals surface area contributed by atoms with Gasteiger partial charge in [0.2, 0.25) is 4.96 Å². The van der Waals surface area contributed by atoms with Gasteiger partial charge >= 0.3 is 0 Å². The first-order valence-corrected chi connectivity index (χ1v) is 8.56. The molecule has 0 radical (unpaired) electrons. The van der Waals surface area contributed by atoms with E-state index in [2.05, 4.69) is 22.4 Å². The highest BCUT2D eigenvalue weighted by atomic mass is 32.1. The molecule has 0 aromatic carbocycles. The fourth-order valence-corrected chi connectivity index (χ4v) is 4.53. The highest BCUT2D eigenvalue weighted by molar-refractivity contribution is 7.16. The molecule has 1 aliphatic heterocycles. The number of hydrogen-bond donors (Lipinski definition) is 1. The Kier molecular flexibility index (Phi) is 3.03. The largest absolute Gasteiger partial charge is 0.306 e. The van der Waals surface area contributed by atoms with E-state index < -0.39 is 0 Å². The molecule has 1 saturated carbocycles. The number of fused-ring (bicyclic) bond motifs is 1. The summed E-state index contributed by atoms with van der Waals surface area (Å²) in [5, 5.41) is 18.4. The molecular weight excluding hydrogens is 270 g/mol. The van der Waals surface area contributed by atoms with Crippen LogP contribution in [0.2, 0.25) is 0 Å². The second-order valence-electron chi connectivity index (χ2n) is 6.36. The summed E-state index contributed by atoms with van der Waals surface area (Å²) >= 11 is 1.70. The minimum absolute atomic E-state index is 0.0244. The third-order valence-electron chi connectivity index (χ3n) is 4.83. The van der Waals surface area contributed by atoms with Crippen molar-refractivity contribution in [2.45, 2.75) is 63.3 Å². The van der Waals surface area contributed by atoms with Gasteiger partial charge in [-0.2, -0.15) is 9.61 Å². The van der Waals surface area contributed by atoms with Crippen LogP contribution in [0.4, 0.5) is 0 Å². The number of nitrogens with zero attached hydrogens (tertiary/aromatic N) is 4. The second kappa shape index (κ2) is 4.77. The molecule has 1 aliphatic carbocycles. The van der Waals surface area contributed by atoms with Crippen LogP contribution in [0, 0.1) is 0 Å². The quantitative estimate of drug-likeness (QED) is 0.924. The Labute approximate surface area is 122 Å². The van der Waals surface area contributed by atoms with Crippen LogP contribution in [0.3, 0.4) is 0 Å². The summed E-state index contributed by atoms with van der Waals surface area (Å²) < 4.78 is 2.01. The summed E-state index contributed by atoms with van der Waals surface area (Å²) in [6.07, 6.45) is 8.82. The summed E-state index contributed by atoms with van der Waals surface area (Å²) in [6, 6.07) is 0. The number of piperidine rings is 1. The van der Waals surface area contributed by atoms with Crippen LogP contribution in [0.15, 0.2) is 0 Å². The van der Waals surface area contributed by atoms with Gasteiger partial charge < -0.3 is 5.32 Å². The van der Waals surface area contributed by atoms with Crippen LogP contribution in [0.25, 0.3) is 4.96 Å². The van der Waals surface area contributed by atoms with E-state index in [1.165, 1.54) is 43.5 Å². The Hall–Kier alpha value is -1.01. The van der Waals surface area contributed by atoms with Crippen molar-refractivity contribution in [3.63, 3.8) is 0 Å². The van der Waals surface area contributed by atoms with E-state index in [1.807, 2.05) is 4.52 Å². The summed E-state index contributed by atoms with van der Waals surface area (Å²) in [6.45, 7) is 3.36. The molecule has 1 saturated heterocycles. The van der Waals surface area contributed by atoms with E-state index in [-0.39, 0.29) is 5.54 Å². The van der Waals surface area contributed by atoms with Crippen molar-refractivity contribution in [3.8, 4) is 0 Å². The fourth-order valence-electron chi connectivity index (χ4n) is 3.53. The molecule has 2 aromatic heterocycles. The number of rotatable bonds is 2. The van der Waals surface area contributed by atoms with E-state index in [0.717, 1.165) is 23.8 Å². The van der Waals surface area contributed by atoms with Crippen LogP contribution in [0.1, 0.15) is 68.6 Å². The molecule has 1 unspecified atom stereocenters. The van der Waals surface area contributed by atoms with Crippen molar-refractivity contribution in [1.29, 1.82) is 0 Å². The highest BCUT2D eigenvalue weighted by Gasteiger charge is 2.33. The molecule has 2 aliphatic rings.